The van der Waals surface area contributed by atoms with Gasteiger partial charge in [-0.2, -0.15) is 0 Å². The van der Waals surface area contributed by atoms with Crippen LogP contribution in [0.25, 0.3) is 0 Å². The van der Waals surface area contributed by atoms with Gasteiger partial charge >= 0.3 is 0 Å². The van der Waals surface area contributed by atoms with Gasteiger partial charge in [-0.25, -0.2) is 18.6 Å². The van der Waals surface area contributed by atoms with Crippen molar-refractivity contribution in [2.75, 3.05) is 32.7 Å². The molecule has 184 valence electrons. The van der Waals surface area contributed by atoms with Gasteiger partial charge in [0, 0.05) is 30.6 Å². The molecule has 2 fully saturated rings. The van der Waals surface area contributed by atoms with Crippen LogP contribution in [0.15, 0.2) is 54.6 Å². The molecule has 8 nitrogen and oxygen atoms in total. The molecule has 9 heteroatoms. The molecule has 2 atom stereocenters. The maximum atomic E-state index is 12.4. The van der Waals surface area contributed by atoms with E-state index >= 15 is 0 Å². The number of carbonyl (C=O) groups excluding carboxylic acids is 1. The first kappa shape index (κ1) is 24.8. The number of carbonyl (C=O) groups is 1. The van der Waals surface area contributed by atoms with Gasteiger partial charge in [0.1, 0.15) is 0 Å². The second-order valence-electron chi connectivity index (χ2n) is 9.34. The molecule has 1 aliphatic carbocycles. The van der Waals surface area contributed by atoms with Crippen LogP contribution in [0.1, 0.15) is 46.7 Å². The largest absolute Gasteiger partial charge is 0.313 e. The molecule has 1 amide bonds. The number of piperidine rings is 1. The molecule has 1 saturated heterocycles. The lowest BCUT2D eigenvalue weighted by molar-refractivity contribution is 0.0706. The van der Waals surface area contributed by atoms with Crippen molar-refractivity contribution < 1.29 is 18.4 Å². The lowest BCUT2D eigenvalue weighted by Crippen LogP contribution is -2.41. The van der Waals surface area contributed by atoms with Gasteiger partial charge in [0.2, 0.25) is 10.0 Å². The van der Waals surface area contributed by atoms with Crippen LogP contribution in [0, 0.1) is 5.92 Å². The van der Waals surface area contributed by atoms with E-state index in [-0.39, 0.29) is 11.3 Å². The number of hydrogen-bond acceptors (Lipinski definition) is 6. The molecule has 2 aliphatic rings. The SMILES string of the molecule is O=C(NO)c1ccc(CS(=O)(=O)NCCN2CCC(CNC3CC3c3ccccc3)CC2)cc1. The van der Waals surface area contributed by atoms with E-state index in [0.717, 1.165) is 32.5 Å². The summed E-state index contributed by atoms with van der Waals surface area (Å²) in [5.74, 6) is 0.566. The van der Waals surface area contributed by atoms with E-state index in [1.807, 2.05) is 0 Å². The molecule has 0 radical (unpaired) electrons. The molecule has 0 aromatic heterocycles. The van der Waals surface area contributed by atoms with Crippen LogP contribution in [0.5, 0.6) is 0 Å². The summed E-state index contributed by atoms with van der Waals surface area (Å²) in [5.41, 5.74) is 3.84. The van der Waals surface area contributed by atoms with Crippen molar-refractivity contribution in [3.05, 3.63) is 71.3 Å². The molecular weight excluding hydrogens is 452 g/mol. The minimum absolute atomic E-state index is 0.146. The molecule has 4 rings (SSSR count). The predicted octanol–water partition coefficient (Wildman–Crippen LogP) is 2.08. The Morgan fingerprint density at radius 3 is 2.41 bits per heavy atom. The number of benzene rings is 2. The van der Waals surface area contributed by atoms with Gasteiger partial charge in [0.05, 0.1) is 5.75 Å². The Hall–Kier alpha value is -2.30. The number of sulfonamides is 1. The van der Waals surface area contributed by atoms with E-state index in [1.165, 1.54) is 24.1 Å². The highest BCUT2D eigenvalue weighted by Gasteiger charge is 2.38. The fourth-order valence-corrected chi connectivity index (χ4v) is 5.80. The first-order valence-electron chi connectivity index (χ1n) is 11.9. The zero-order valence-electron chi connectivity index (χ0n) is 19.3. The minimum Gasteiger partial charge on any atom is -0.313 e. The smallest absolute Gasteiger partial charge is 0.274 e. The maximum Gasteiger partial charge on any atom is 0.274 e. The fraction of sp³-hybridized carbons (Fsp3) is 0.480. The summed E-state index contributed by atoms with van der Waals surface area (Å²) in [6, 6.07) is 17.4. The lowest BCUT2D eigenvalue weighted by Gasteiger charge is -2.32. The summed E-state index contributed by atoms with van der Waals surface area (Å²) < 4.78 is 27.5. The Balaban J connectivity index is 1.10. The highest BCUT2D eigenvalue weighted by atomic mass is 32.2. The van der Waals surface area contributed by atoms with Gasteiger partial charge in [0.15, 0.2) is 0 Å². The number of nitrogens with one attached hydrogen (secondary N) is 3. The van der Waals surface area contributed by atoms with Gasteiger partial charge < -0.3 is 10.2 Å². The monoisotopic (exact) mass is 486 g/mol. The predicted molar refractivity (Wildman–Crippen MR) is 131 cm³/mol. The molecule has 0 bridgehead atoms. The maximum absolute atomic E-state index is 12.4. The quantitative estimate of drug-likeness (QED) is 0.286. The van der Waals surface area contributed by atoms with Crippen LogP contribution in [-0.2, 0) is 15.8 Å². The lowest BCUT2D eigenvalue weighted by atomic mass is 9.96. The van der Waals surface area contributed by atoms with Crippen molar-refractivity contribution in [2.45, 2.75) is 37.0 Å². The number of amides is 1. The summed E-state index contributed by atoms with van der Waals surface area (Å²) in [6.07, 6.45) is 3.50. The minimum atomic E-state index is -3.46. The second-order valence-corrected chi connectivity index (χ2v) is 11.2. The number of rotatable bonds is 11. The molecule has 34 heavy (non-hydrogen) atoms. The average molecular weight is 487 g/mol. The average Bonchev–Trinajstić information content (AvgIpc) is 3.63. The van der Waals surface area contributed by atoms with E-state index in [1.54, 1.807) is 17.6 Å². The third kappa shape index (κ3) is 7.10. The van der Waals surface area contributed by atoms with Crippen LogP contribution in [0.2, 0.25) is 0 Å². The summed E-state index contributed by atoms with van der Waals surface area (Å²) in [6.45, 7) is 4.14. The van der Waals surface area contributed by atoms with Gasteiger partial charge in [0.25, 0.3) is 5.91 Å². The van der Waals surface area contributed by atoms with Crippen LogP contribution in [-0.4, -0.2) is 63.2 Å². The van der Waals surface area contributed by atoms with Gasteiger partial charge in [-0.3, -0.25) is 10.0 Å². The standard InChI is InChI=1S/C25H34N4O4S/c30-25(28-31)22-8-6-20(7-9-22)18-34(32,33)27-12-15-29-13-10-19(11-14-29)17-26-24-16-23(24)21-4-2-1-3-5-21/h1-9,19,23-24,26-27,31H,10-18H2,(H,28,30). The van der Waals surface area contributed by atoms with Crippen molar-refractivity contribution in [2.24, 2.45) is 5.92 Å². The Bertz CT molecular complexity index is 1040. The fourth-order valence-electron chi connectivity index (χ4n) is 4.67. The topological polar surface area (TPSA) is 111 Å². The zero-order chi connectivity index (χ0) is 24.0. The van der Waals surface area contributed by atoms with Gasteiger partial charge in [-0.1, -0.05) is 42.5 Å². The van der Waals surface area contributed by atoms with Crippen LogP contribution in [0.3, 0.4) is 0 Å². The van der Waals surface area contributed by atoms with Crippen LogP contribution < -0.4 is 15.5 Å². The molecule has 4 N–H and O–H groups in total. The Morgan fingerprint density at radius 1 is 1.03 bits per heavy atom. The summed E-state index contributed by atoms with van der Waals surface area (Å²) in [4.78, 5) is 13.7. The van der Waals surface area contributed by atoms with Crippen molar-refractivity contribution in [3.8, 4) is 0 Å². The van der Waals surface area contributed by atoms with E-state index in [2.05, 4.69) is 45.3 Å². The van der Waals surface area contributed by atoms with E-state index in [9.17, 15) is 13.2 Å². The van der Waals surface area contributed by atoms with Crippen molar-refractivity contribution in [1.82, 2.24) is 20.4 Å². The normalized spacial score (nSPS) is 21.3. The molecular formula is C25H34N4O4S. The Labute approximate surface area is 201 Å². The van der Waals surface area contributed by atoms with E-state index in [4.69, 9.17) is 5.21 Å². The molecule has 2 unspecified atom stereocenters. The molecule has 1 aliphatic heterocycles. The van der Waals surface area contributed by atoms with Crippen molar-refractivity contribution in [3.63, 3.8) is 0 Å². The van der Waals surface area contributed by atoms with Crippen LogP contribution >= 0.6 is 0 Å². The Kier molecular flexibility index (Phi) is 8.33. The summed E-state index contributed by atoms with van der Waals surface area (Å²) in [7, 11) is -3.46. The second kappa shape index (κ2) is 11.4. The number of hydrogen-bond donors (Lipinski definition) is 4. The van der Waals surface area contributed by atoms with E-state index < -0.39 is 15.9 Å². The summed E-state index contributed by atoms with van der Waals surface area (Å²) >= 11 is 0. The third-order valence-electron chi connectivity index (χ3n) is 6.82. The third-order valence-corrected chi connectivity index (χ3v) is 8.18. The number of likely N-dealkylation sites (tertiary alicyclic amines) is 1. The van der Waals surface area contributed by atoms with Crippen LogP contribution in [0.4, 0.5) is 0 Å². The van der Waals surface area contributed by atoms with Crippen molar-refractivity contribution in [1.29, 1.82) is 0 Å². The first-order valence-corrected chi connectivity index (χ1v) is 13.6. The number of hydroxylamine groups is 1. The molecule has 1 saturated carbocycles. The zero-order valence-corrected chi connectivity index (χ0v) is 20.1. The van der Waals surface area contributed by atoms with Gasteiger partial charge in [-0.05, 0) is 68.1 Å². The Morgan fingerprint density at radius 2 is 1.74 bits per heavy atom. The van der Waals surface area contributed by atoms with Gasteiger partial charge in [-0.15, -0.1) is 0 Å². The molecule has 0 spiro atoms. The highest BCUT2D eigenvalue weighted by molar-refractivity contribution is 7.88. The first-order chi connectivity index (χ1) is 16.4. The molecule has 1 heterocycles. The summed E-state index contributed by atoms with van der Waals surface area (Å²) in [5, 5.41) is 12.4. The molecule has 2 aromatic rings. The molecule has 2 aromatic carbocycles. The number of nitrogens with zero attached hydrogens (tertiary/aromatic N) is 1. The van der Waals surface area contributed by atoms with E-state index in [0.29, 0.717) is 36.5 Å². The van der Waals surface area contributed by atoms with Crippen molar-refractivity contribution >= 4 is 15.9 Å². The highest BCUT2D eigenvalue weighted by Crippen LogP contribution is 2.40.